The normalized spacial score (nSPS) is 42.5. The van der Waals surface area contributed by atoms with Gasteiger partial charge in [-0.1, -0.05) is 13.8 Å². The SMILES string of the molecule is CC(=O)OC[C@H]1C[C@H]2C[C@H](C2C)[C@@H]1C.[B]. The molecule has 0 amide bonds. The fourth-order valence-corrected chi connectivity index (χ4v) is 3.33. The van der Waals surface area contributed by atoms with Crippen molar-refractivity contribution < 1.29 is 9.53 Å². The van der Waals surface area contributed by atoms with Crippen molar-refractivity contribution >= 4 is 14.4 Å². The first-order valence-electron chi connectivity index (χ1n) is 5.73. The van der Waals surface area contributed by atoms with Crippen molar-refractivity contribution in [1.82, 2.24) is 0 Å². The molecule has 3 fully saturated rings. The Hall–Kier alpha value is -0.465. The minimum absolute atomic E-state index is 0. The molecule has 0 saturated heterocycles. The van der Waals surface area contributed by atoms with E-state index in [2.05, 4.69) is 13.8 Å². The van der Waals surface area contributed by atoms with E-state index in [1.807, 2.05) is 0 Å². The van der Waals surface area contributed by atoms with Gasteiger partial charge < -0.3 is 4.74 Å². The smallest absolute Gasteiger partial charge is 0.302 e. The Morgan fingerprint density at radius 3 is 2.40 bits per heavy atom. The first-order valence-corrected chi connectivity index (χ1v) is 5.73. The van der Waals surface area contributed by atoms with Crippen molar-refractivity contribution in [2.75, 3.05) is 6.61 Å². The summed E-state index contributed by atoms with van der Waals surface area (Å²) in [4.78, 5) is 10.7. The molecule has 3 aliphatic carbocycles. The lowest BCUT2D eigenvalue weighted by Gasteiger charge is -2.55. The molecule has 1 unspecified atom stereocenters. The number of ether oxygens (including phenoxy) is 1. The van der Waals surface area contributed by atoms with Crippen LogP contribution in [0.5, 0.6) is 0 Å². The zero-order valence-electron chi connectivity index (χ0n) is 9.90. The van der Waals surface area contributed by atoms with E-state index in [4.69, 9.17) is 4.74 Å². The van der Waals surface area contributed by atoms with E-state index in [1.54, 1.807) is 0 Å². The molecular formula is C12H20BO2. The van der Waals surface area contributed by atoms with Gasteiger partial charge in [-0.25, -0.2) is 0 Å². The van der Waals surface area contributed by atoms with Crippen LogP contribution in [0.25, 0.3) is 0 Å². The van der Waals surface area contributed by atoms with Gasteiger partial charge in [0.15, 0.2) is 0 Å². The zero-order valence-corrected chi connectivity index (χ0v) is 9.90. The molecule has 0 N–H and O–H groups in total. The molecule has 0 aromatic rings. The molecule has 0 aliphatic heterocycles. The van der Waals surface area contributed by atoms with Crippen molar-refractivity contribution in [2.24, 2.45) is 29.6 Å². The number of rotatable bonds is 2. The molecule has 3 radical (unpaired) electrons. The maximum atomic E-state index is 10.7. The van der Waals surface area contributed by atoms with Crippen LogP contribution in [0, 0.1) is 29.6 Å². The van der Waals surface area contributed by atoms with Gasteiger partial charge in [-0.3, -0.25) is 4.79 Å². The highest BCUT2D eigenvalue weighted by Gasteiger charge is 2.48. The maximum Gasteiger partial charge on any atom is 0.302 e. The molecule has 5 atom stereocenters. The molecule has 3 heteroatoms. The van der Waals surface area contributed by atoms with Gasteiger partial charge in [0.1, 0.15) is 0 Å². The predicted molar refractivity (Wildman–Crippen MR) is 60.4 cm³/mol. The topological polar surface area (TPSA) is 26.3 Å². The molecule has 15 heavy (non-hydrogen) atoms. The van der Waals surface area contributed by atoms with Crippen LogP contribution in [0.2, 0.25) is 0 Å². The molecule has 3 saturated carbocycles. The second-order valence-electron chi connectivity index (χ2n) is 5.18. The van der Waals surface area contributed by atoms with E-state index in [9.17, 15) is 4.79 Å². The minimum atomic E-state index is -0.135. The number of esters is 1. The van der Waals surface area contributed by atoms with Crippen LogP contribution < -0.4 is 0 Å². The van der Waals surface area contributed by atoms with Gasteiger partial charge in [0, 0.05) is 15.3 Å². The lowest BCUT2D eigenvalue weighted by Crippen LogP contribution is -2.49. The summed E-state index contributed by atoms with van der Waals surface area (Å²) in [7, 11) is 0. The Labute approximate surface area is 94.3 Å². The monoisotopic (exact) mass is 207 g/mol. The average Bonchev–Trinajstić information content (AvgIpc) is 2.14. The fraction of sp³-hybridized carbons (Fsp3) is 0.917. The third kappa shape index (κ3) is 2.21. The second kappa shape index (κ2) is 4.59. The van der Waals surface area contributed by atoms with Crippen LogP contribution in [0.3, 0.4) is 0 Å². The summed E-state index contributed by atoms with van der Waals surface area (Å²) >= 11 is 0. The largest absolute Gasteiger partial charge is 0.466 e. The van der Waals surface area contributed by atoms with Gasteiger partial charge in [0.25, 0.3) is 0 Å². The van der Waals surface area contributed by atoms with Gasteiger partial charge in [-0.15, -0.1) is 0 Å². The summed E-state index contributed by atoms with van der Waals surface area (Å²) in [6, 6.07) is 0. The quantitative estimate of drug-likeness (QED) is 0.512. The van der Waals surface area contributed by atoms with Crippen LogP contribution in [0.1, 0.15) is 33.6 Å². The number of hydrogen-bond acceptors (Lipinski definition) is 2. The number of hydrogen-bond donors (Lipinski definition) is 0. The summed E-state index contributed by atoms with van der Waals surface area (Å²) in [5.41, 5.74) is 0. The van der Waals surface area contributed by atoms with E-state index in [1.165, 1.54) is 19.8 Å². The van der Waals surface area contributed by atoms with Crippen molar-refractivity contribution in [1.29, 1.82) is 0 Å². The first-order chi connectivity index (χ1) is 6.59. The van der Waals surface area contributed by atoms with Gasteiger partial charge >= 0.3 is 5.97 Å². The average molecular weight is 207 g/mol. The summed E-state index contributed by atoms with van der Waals surface area (Å²) in [6.07, 6.45) is 2.69. The van der Waals surface area contributed by atoms with Crippen molar-refractivity contribution in [3.8, 4) is 0 Å². The van der Waals surface area contributed by atoms with Crippen LogP contribution in [0.15, 0.2) is 0 Å². The van der Waals surface area contributed by atoms with Crippen molar-refractivity contribution in [3.63, 3.8) is 0 Å². The Morgan fingerprint density at radius 1 is 1.27 bits per heavy atom. The Balaban J connectivity index is 0.00000112. The molecular weight excluding hydrogens is 187 g/mol. The van der Waals surface area contributed by atoms with E-state index >= 15 is 0 Å². The molecule has 0 aromatic heterocycles. The standard InChI is InChI=1S/C12H20O2.B/c1-7-10-4-11(6-14-9(3)13)8(2)12(7)5-10;/h7-8,10-12H,4-6H2,1-3H3;/t7?,8-,10+,11-,12-;/m1./s1. The second-order valence-corrected chi connectivity index (χ2v) is 5.18. The molecule has 0 aromatic carbocycles. The zero-order chi connectivity index (χ0) is 10.3. The molecule has 0 heterocycles. The van der Waals surface area contributed by atoms with Crippen molar-refractivity contribution in [3.05, 3.63) is 0 Å². The lowest BCUT2D eigenvalue weighted by molar-refractivity contribution is -0.147. The highest BCUT2D eigenvalue weighted by atomic mass is 16.5. The van der Waals surface area contributed by atoms with Gasteiger partial charge in [0.2, 0.25) is 0 Å². The molecule has 0 spiro atoms. The summed E-state index contributed by atoms with van der Waals surface area (Å²) < 4.78 is 5.12. The molecule has 2 nitrogen and oxygen atoms in total. The number of carbonyl (C=O) groups is 1. The van der Waals surface area contributed by atoms with E-state index in [-0.39, 0.29) is 14.4 Å². The molecule has 83 valence electrons. The molecule has 3 aliphatic rings. The summed E-state index contributed by atoms with van der Waals surface area (Å²) in [6.45, 7) is 6.84. The number of fused-ring (bicyclic) bond motifs is 2. The van der Waals surface area contributed by atoms with Crippen LogP contribution in [-0.4, -0.2) is 21.0 Å². The van der Waals surface area contributed by atoms with Gasteiger partial charge in [-0.05, 0) is 42.4 Å². The Morgan fingerprint density at radius 2 is 1.93 bits per heavy atom. The summed E-state index contributed by atoms with van der Waals surface area (Å²) in [5.74, 6) is 3.96. The predicted octanol–water partition coefficient (Wildman–Crippen LogP) is 2.10. The molecule has 3 rings (SSSR count). The lowest BCUT2D eigenvalue weighted by atomic mass is 9.51. The maximum absolute atomic E-state index is 10.7. The van der Waals surface area contributed by atoms with Gasteiger partial charge in [0.05, 0.1) is 6.61 Å². The Kier molecular flexibility index (Phi) is 3.85. The van der Waals surface area contributed by atoms with E-state index in [0.29, 0.717) is 12.5 Å². The third-order valence-electron chi connectivity index (χ3n) is 4.52. The highest BCUT2D eigenvalue weighted by Crippen LogP contribution is 2.55. The molecule has 2 bridgehead atoms. The third-order valence-corrected chi connectivity index (χ3v) is 4.52. The number of carbonyl (C=O) groups excluding carboxylic acids is 1. The van der Waals surface area contributed by atoms with E-state index < -0.39 is 0 Å². The minimum Gasteiger partial charge on any atom is -0.466 e. The van der Waals surface area contributed by atoms with Crippen LogP contribution >= 0.6 is 0 Å². The highest BCUT2D eigenvalue weighted by molar-refractivity contribution is 5.75. The summed E-state index contributed by atoms with van der Waals surface area (Å²) in [5, 5.41) is 0. The van der Waals surface area contributed by atoms with Crippen LogP contribution in [-0.2, 0) is 9.53 Å². The van der Waals surface area contributed by atoms with E-state index in [0.717, 1.165) is 23.7 Å². The Bertz CT molecular complexity index is 242. The first kappa shape index (κ1) is 12.6. The van der Waals surface area contributed by atoms with Gasteiger partial charge in [-0.2, -0.15) is 0 Å². The van der Waals surface area contributed by atoms with Crippen LogP contribution in [0.4, 0.5) is 0 Å². The van der Waals surface area contributed by atoms with Crippen molar-refractivity contribution in [2.45, 2.75) is 33.6 Å². The fourth-order valence-electron chi connectivity index (χ4n) is 3.33.